The van der Waals surface area contributed by atoms with E-state index in [4.69, 9.17) is 10.3 Å². The smallest absolute Gasteiger partial charge is 0.353 e. The fraction of sp³-hybridized carbons (Fsp3) is 0.174. The number of fused-ring (bicyclic) bond motifs is 1. The molecule has 5 aromatic rings. The number of benzene rings is 1. The van der Waals surface area contributed by atoms with Crippen molar-refractivity contribution in [3.8, 4) is 22.4 Å². The molecule has 9 heteroatoms. The molecule has 160 valence electrons. The standard InChI is InChI=1S/C23H21N7O2/c1-13-9-17(10-14(2)25-13)19-20(16-7-5-4-6-8-16)26-22(24)30-21(19)27-29(23(30)31)12-18-11-15(3)32-28-18/h4-11H,12H2,1-3H3,(H2,24,26). The molecule has 32 heavy (non-hydrogen) atoms. The molecule has 0 bridgehead atoms. The van der Waals surface area contributed by atoms with Crippen LogP contribution in [-0.4, -0.2) is 29.3 Å². The van der Waals surface area contributed by atoms with Crippen molar-refractivity contribution in [3.05, 3.63) is 81.9 Å². The molecule has 0 unspecified atom stereocenters. The van der Waals surface area contributed by atoms with Crippen molar-refractivity contribution in [3.63, 3.8) is 0 Å². The van der Waals surface area contributed by atoms with Gasteiger partial charge in [0.25, 0.3) is 0 Å². The number of hydrogen-bond donors (Lipinski definition) is 1. The second kappa shape index (κ2) is 7.45. The van der Waals surface area contributed by atoms with E-state index in [1.807, 2.05) is 56.3 Å². The summed E-state index contributed by atoms with van der Waals surface area (Å²) in [6.45, 7) is 5.81. The Balaban J connectivity index is 1.83. The van der Waals surface area contributed by atoms with Crippen LogP contribution >= 0.6 is 0 Å². The van der Waals surface area contributed by atoms with Crippen molar-refractivity contribution in [1.82, 2.24) is 29.3 Å². The molecule has 4 aromatic heterocycles. The molecule has 0 aliphatic rings. The van der Waals surface area contributed by atoms with Gasteiger partial charge in [-0.15, -0.1) is 5.10 Å². The second-order valence-corrected chi connectivity index (χ2v) is 7.73. The Morgan fingerprint density at radius 1 is 0.969 bits per heavy atom. The van der Waals surface area contributed by atoms with Gasteiger partial charge in [0.2, 0.25) is 5.95 Å². The summed E-state index contributed by atoms with van der Waals surface area (Å²) in [5, 5.41) is 8.62. The average molecular weight is 427 g/mol. The lowest BCUT2D eigenvalue weighted by molar-refractivity contribution is 0.387. The van der Waals surface area contributed by atoms with Gasteiger partial charge in [0.05, 0.1) is 17.8 Å². The van der Waals surface area contributed by atoms with Crippen LogP contribution in [0.4, 0.5) is 5.95 Å². The maximum atomic E-state index is 13.2. The summed E-state index contributed by atoms with van der Waals surface area (Å²) in [5.74, 6) is 0.727. The van der Waals surface area contributed by atoms with Crippen molar-refractivity contribution in [2.75, 3.05) is 5.73 Å². The van der Waals surface area contributed by atoms with Gasteiger partial charge in [-0.05, 0) is 38.5 Å². The minimum atomic E-state index is -0.394. The summed E-state index contributed by atoms with van der Waals surface area (Å²) >= 11 is 0. The lowest BCUT2D eigenvalue weighted by Crippen LogP contribution is -2.23. The Hall–Kier alpha value is -4.27. The van der Waals surface area contributed by atoms with Crippen LogP contribution < -0.4 is 11.4 Å². The molecule has 0 spiro atoms. The Kier molecular flexibility index (Phi) is 4.58. The third-order valence-corrected chi connectivity index (χ3v) is 5.16. The lowest BCUT2D eigenvalue weighted by atomic mass is 9.99. The SMILES string of the molecule is Cc1cc(-c2c(-c3ccccc3)nc(N)n3c(=O)n(Cc4cc(C)on4)nc23)cc(C)n1. The fourth-order valence-corrected chi connectivity index (χ4v) is 3.90. The highest BCUT2D eigenvalue weighted by molar-refractivity contribution is 5.90. The van der Waals surface area contributed by atoms with Gasteiger partial charge < -0.3 is 10.3 Å². The molecule has 5 rings (SSSR count). The Labute approximate surface area is 183 Å². The van der Waals surface area contributed by atoms with E-state index >= 15 is 0 Å². The fourth-order valence-electron chi connectivity index (χ4n) is 3.90. The Morgan fingerprint density at radius 3 is 2.34 bits per heavy atom. The van der Waals surface area contributed by atoms with Crippen LogP contribution in [0.5, 0.6) is 0 Å². The molecule has 0 atom stereocenters. The van der Waals surface area contributed by atoms with Gasteiger partial charge in [-0.25, -0.2) is 18.9 Å². The van der Waals surface area contributed by atoms with Crippen molar-refractivity contribution < 1.29 is 4.52 Å². The van der Waals surface area contributed by atoms with Crippen LogP contribution in [-0.2, 0) is 6.54 Å². The molecule has 0 aliphatic heterocycles. The number of anilines is 1. The molecule has 0 saturated heterocycles. The number of nitrogens with two attached hydrogens (primary N) is 1. The quantitative estimate of drug-likeness (QED) is 0.468. The first-order valence-electron chi connectivity index (χ1n) is 10.1. The first kappa shape index (κ1) is 19.7. The van der Waals surface area contributed by atoms with Gasteiger partial charge in [-0.3, -0.25) is 4.98 Å². The topological polar surface area (TPSA) is 117 Å². The average Bonchev–Trinajstić information content (AvgIpc) is 3.31. The summed E-state index contributed by atoms with van der Waals surface area (Å²) in [6.07, 6.45) is 0. The number of nitrogens with zero attached hydrogens (tertiary/aromatic N) is 6. The summed E-state index contributed by atoms with van der Waals surface area (Å²) < 4.78 is 7.78. The highest BCUT2D eigenvalue weighted by Crippen LogP contribution is 2.34. The summed E-state index contributed by atoms with van der Waals surface area (Å²) in [4.78, 5) is 22.3. The minimum Gasteiger partial charge on any atom is -0.369 e. The van der Waals surface area contributed by atoms with E-state index in [1.54, 1.807) is 13.0 Å². The van der Waals surface area contributed by atoms with Gasteiger partial charge in [0, 0.05) is 23.0 Å². The first-order chi connectivity index (χ1) is 15.4. The zero-order chi connectivity index (χ0) is 22.4. The second-order valence-electron chi connectivity index (χ2n) is 7.73. The summed E-state index contributed by atoms with van der Waals surface area (Å²) in [6, 6.07) is 15.4. The first-order valence-corrected chi connectivity index (χ1v) is 10.1. The molecule has 0 amide bonds. The molecule has 0 saturated carbocycles. The normalized spacial score (nSPS) is 11.3. The van der Waals surface area contributed by atoms with Gasteiger partial charge in [-0.1, -0.05) is 35.5 Å². The molecule has 0 radical (unpaired) electrons. The monoisotopic (exact) mass is 427 g/mol. The van der Waals surface area contributed by atoms with E-state index in [9.17, 15) is 4.79 Å². The van der Waals surface area contributed by atoms with E-state index in [0.717, 1.165) is 22.5 Å². The molecule has 0 fully saturated rings. The predicted molar refractivity (Wildman–Crippen MR) is 120 cm³/mol. The van der Waals surface area contributed by atoms with E-state index < -0.39 is 5.69 Å². The molecular formula is C23H21N7O2. The predicted octanol–water partition coefficient (Wildman–Crippen LogP) is 3.16. The molecule has 1 aromatic carbocycles. The van der Waals surface area contributed by atoms with Crippen molar-refractivity contribution in [1.29, 1.82) is 0 Å². The minimum absolute atomic E-state index is 0.0673. The maximum Gasteiger partial charge on any atom is 0.353 e. The highest BCUT2D eigenvalue weighted by Gasteiger charge is 2.22. The lowest BCUT2D eigenvalue weighted by Gasteiger charge is -2.13. The molecule has 9 nitrogen and oxygen atoms in total. The molecule has 2 N–H and O–H groups in total. The van der Waals surface area contributed by atoms with Gasteiger partial charge in [0.1, 0.15) is 11.5 Å². The van der Waals surface area contributed by atoms with E-state index in [2.05, 4.69) is 20.2 Å². The van der Waals surface area contributed by atoms with Crippen LogP contribution in [0.2, 0.25) is 0 Å². The van der Waals surface area contributed by atoms with Crippen molar-refractivity contribution >= 4 is 11.6 Å². The van der Waals surface area contributed by atoms with E-state index in [-0.39, 0.29) is 12.5 Å². The highest BCUT2D eigenvalue weighted by atomic mass is 16.5. The summed E-state index contributed by atoms with van der Waals surface area (Å²) in [7, 11) is 0. The van der Waals surface area contributed by atoms with Crippen LogP contribution in [0, 0.1) is 20.8 Å². The van der Waals surface area contributed by atoms with Crippen LogP contribution in [0.15, 0.2) is 57.8 Å². The van der Waals surface area contributed by atoms with Crippen molar-refractivity contribution in [2.24, 2.45) is 0 Å². The van der Waals surface area contributed by atoms with Crippen LogP contribution in [0.3, 0.4) is 0 Å². The van der Waals surface area contributed by atoms with E-state index in [0.29, 0.717) is 28.4 Å². The zero-order valence-electron chi connectivity index (χ0n) is 17.9. The van der Waals surface area contributed by atoms with Gasteiger partial charge in [0.15, 0.2) is 5.65 Å². The number of nitrogen functional groups attached to an aromatic ring is 1. The largest absolute Gasteiger partial charge is 0.369 e. The molecule has 0 aliphatic carbocycles. The maximum absolute atomic E-state index is 13.2. The molecule has 4 heterocycles. The van der Waals surface area contributed by atoms with Gasteiger partial charge in [-0.2, -0.15) is 0 Å². The number of hydrogen-bond acceptors (Lipinski definition) is 7. The number of aromatic nitrogens is 6. The third kappa shape index (κ3) is 3.33. The number of rotatable bonds is 4. The molecular weight excluding hydrogens is 406 g/mol. The number of aryl methyl sites for hydroxylation is 3. The van der Waals surface area contributed by atoms with Crippen LogP contribution in [0.1, 0.15) is 22.8 Å². The third-order valence-electron chi connectivity index (χ3n) is 5.16. The summed E-state index contributed by atoms with van der Waals surface area (Å²) in [5.41, 5.74) is 11.7. The van der Waals surface area contributed by atoms with Crippen molar-refractivity contribution in [2.45, 2.75) is 27.3 Å². The van der Waals surface area contributed by atoms with Gasteiger partial charge >= 0.3 is 5.69 Å². The number of pyridine rings is 1. The van der Waals surface area contributed by atoms with E-state index in [1.165, 1.54) is 9.08 Å². The van der Waals surface area contributed by atoms with Crippen LogP contribution in [0.25, 0.3) is 28.0 Å². The Bertz CT molecular complexity index is 1490. The zero-order valence-corrected chi connectivity index (χ0v) is 17.9. The Morgan fingerprint density at radius 2 is 1.69 bits per heavy atom.